The summed E-state index contributed by atoms with van der Waals surface area (Å²) in [5.74, 6) is 0. The molecule has 0 heterocycles. The largest absolute Gasteiger partial charge is 0.455 e. The zero-order valence-electron chi connectivity index (χ0n) is 6.04. The van der Waals surface area contributed by atoms with Gasteiger partial charge in [0.25, 0.3) is 0 Å². The molecule has 62 valence electrons. The van der Waals surface area contributed by atoms with Gasteiger partial charge in [0.15, 0.2) is 0 Å². The van der Waals surface area contributed by atoms with Crippen LogP contribution in [0.2, 0.25) is 19.6 Å². The molecule has 0 saturated carbocycles. The second-order valence-corrected chi connectivity index (χ2v) is 8.88. The molecule has 10 heavy (non-hydrogen) atoms. The first-order valence-corrected chi connectivity index (χ1v) is 7.04. The smallest absolute Gasteiger partial charge is 0.278 e. The van der Waals surface area contributed by atoms with Crippen LogP contribution in [0.25, 0.3) is 0 Å². The summed E-state index contributed by atoms with van der Waals surface area (Å²) in [6, 6.07) is 0. The molecular formula is C4H10F3NSSi. The molecule has 1 nitrogen and oxygen atoms in total. The average Bonchev–Trinajstić information content (AvgIpc) is 1.57. The van der Waals surface area contributed by atoms with E-state index in [1.54, 1.807) is 0 Å². The van der Waals surface area contributed by atoms with Gasteiger partial charge in [0, 0.05) is 11.9 Å². The van der Waals surface area contributed by atoms with Crippen molar-refractivity contribution in [1.82, 2.24) is 4.39 Å². The van der Waals surface area contributed by atoms with Gasteiger partial charge < -0.3 is 0 Å². The fraction of sp³-hybridized carbons (Fsp3) is 1.00. The van der Waals surface area contributed by atoms with Gasteiger partial charge in [0.05, 0.1) is 0 Å². The van der Waals surface area contributed by atoms with Crippen LogP contribution in [0.1, 0.15) is 0 Å². The Morgan fingerprint density at radius 2 is 1.60 bits per heavy atom. The topological polar surface area (TPSA) is 12.0 Å². The molecule has 0 aliphatic heterocycles. The predicted octanol–water partition coefficient (Wildman–Crippen LogP) is 2.58. The maximum absolute atomic E-state index is 11.5. The highest BCUT2D eigenvalue weighted by Gasteiger charge is 2.31. The predicted molar refractivity (Wildman–Crippen MR) is 40.1 cm³/mol. The van der Waals surface area contributed by atoms with Crippen LogP contribution in [0, 0.1) is 0 Å². The van der Waals surface area contributed by atoms with E-state index in [2.05, 4.69) is 4.39 Å². The normalized spacial score (nSPS) is 13.8. The Hall–Kier alpha value is 0.317. The van der Waals surface area contributed by atoms with Crippen LogP contribution in [0.5, 0.6) is 0 Å². The van der Waals surface area contributed by atoms with E-state index in [-0.39, 0.29) is 11.9 Å². The van der Waals surface area contributed by atoms with Crippen molar-refractivity contribution in [2.24, 2.45) is 0 Å². The van der Waals surface area contributed by atoms with Gasteiger partial charge in [-0.3, -0.25) is 4.39 Å². The van der Waals surface area contributed by atoms with Crippen LogP contribution in [0.15, 0.2) is 0 Å². The van der Waals surface area contributed by atoms with E-state index in [1.165, 1.54) is 0 Å². The lowest BCUT2D eigenvalue weighted by Gasteiger charge is -2.17. The number of hydrogen-bond donors (Lipinski definition) is 1. The van der Waals surface area contributed by atoms with Crippen LogP contribution in [0.4, 0.5) is 13.2 Å². The average molecular weight is 189 g/mol. The van der Waals surface area contributed by atoms with Gasteiger partial charge in [-0.2, -0.15) is 13.2 Å². The highest BCUT2D eigenvalue weighted by molar-refractivity contribution is 7.99. The van der Waals surface area contributed by atoms with E-state index >= 15 is 0 Å². The van der Waals surface area contributed by atoms with Crippen LogP contribution in [0.3, 0.4) is 0 Å². The Bertz CT molecular complexity index is 94.1. The van der Waals surface area contributed by atoms with Crippen LogP contribution < -0.4 is 4.39 Å². The van der Waals surface area contributed by atoms with E-state index in [1.807, 2.05) is 19.6 Å². The third-order valence-electron chi connectivity index (χ3n) is 0.473. The van der Waals surface area contributed by atoms with Crippen molar-refractivity contribution in [1.29, 1.82) is 0 Å². The van der Waals surface area contributed by atoms with Gasteiger partial charge in [-0.15, -0.1) is 0 Å². The number of nitrogens with one attached hydrogen (secondary N) is 1. The Balaban J connectivity index is 3.56. The summed E-state index contributed by atoms with van der Waals surface area (Å²) < 4.78 is 36.9. The lowest BCUT2D eigenvalue weighted by molar-refractivity contribution is -0.0332. The summed E-state index contributed by atoms with van der Waals surface area (Å²) in [4.78, 5) is 0. The second kappa shape index (κ2) is 3.14. The van der Waals surface area contributed by atoms with Crippen molar-refractivity contribution in [2.75, 3.05) is 0 Å². The van der Waals surface area contributed by atoms with Crippen molar-refractivity contribution in [3.8, 4) is 0 Å². The molecule has 0 amide bonds. The summed E-state index contributed by atoms with van der Waals surface area (Å²) in [6.45, 7) is 5.43. The number of rotatable bonds is 2. The third kappa shape index (κ3) is 8.32. The van der Waals surface area contributed by atoms with Crippen LogP contribution in [-0.4, -0.2) is 13.7 Å². The molecule has 0 bridgehead atoms. The standard InChI is InChI=1S/C4H10F3NSSi/c1-10(2,3)8-9-4(5,6)7/h8H,1-3H3. The molecule has 0 radical (unpaired) electrons. The second-order valence-electron chi connectivity index (χ2n) is 2.90. The first kappa shape index (κ1) is 10.3. The van der Waals surface area contributed by atoms with E-state index in [0.717, 1.165) is 0 Å². The summed E-state index contributed by atoms with van der Waals surface area (Å²) in [7, 11) is -1.77. The molecule has 0 rings (SSSR count). The number of halogens is 3. The van der Waals surface area contributed by atoms with E-state index in [9.17, 15) is 13.2 Å². The molecule has 6 heteroatoms. The molecule has 0 unspecified atom stereocenters. The minimum atomic E-state index is -4.15. The summed E-state index contributed by atoms with van der Waals surface area (Å²) in [6.07, 6.45) is 0. The van der Waals surface area contributed by atoms with Crippen molar-refractivity contribution >= 4 is 20.2 Å². The first-order valence-electron chi connectivity index (χ1n) is 2.73. The Morgan fingerprint density at radius 1 is 1.20 bits per heavy atom. The molecule has 1 N–H and O–H groups in total. The lowest BCUT2D eigenvalue weighted by Crippen LogP contribution is -2.38. The van der Waals surface area contributed by atoms with Crippen molar-refractivity contribution in [3.63, 3.8) is 0 Å². The van der Waals surface area contributed by atoms with E-state index in [4.69, 9.17) is 0 Å². The summed E-state index contributed by atoms with van der Waals surface area (Å²) in [5, 5.41) is 0. The maximum Gasteiger partial charge on any atom is 0.455 e. The van der Waals surface area contributed by atoms with E-state index in [0.29, 0.717) is 0 Å². The SMILES string of the molecule is C[Si](C)(C)NSC(F)(F)F. The Morgan fingerprint density at radius 3 is 1.70 bits per heavy atom. The molecular weight excluding hydrogens is 179 g/mol. The van der Waals surface area contributed by atoms with Crippen LogP contribution in [-0.2, 0) is 0 Å². The van der Waals surface area contributed by atoms with Crippen molar-refractivity contribution in [2.45, 2.75) is 25.1 Å². The molecule has 0 saturated heterocycles. The van der Waals surface area contributed by atoms with E-state index < -0.39 is 13.7 Å². The minimum absolute atomic E-state index is 0.148. The molecule has 0 aromatic rings. The first-order chi connectivity index (χ1) is 4.21. The van der Waals surface area contributed by atoms with Crippen molar-refractivity contribution < 1.29 is 13.2 Å². The monoisotopic (exact) mass is 189 g/mol. The number of alkyl halides is 3. The summed E-state index contributed by atoms with van der Waals surface area (Å²) >= 11 is -0.148. The van der Waals surface area contributed by atoms with Crippen LogP contribution >= 0.6 is 11.9 Å². The third-order valence-corrected chi connectivity index (χ3v) is 3.56. The zero-order chi connectivity index (χ0) is 8.41. The molecule has 0 spiro atoms. The fourth-order valence-corrected chi connectivity index (χ4v) is 1.90. The quantitative estimate of drug-likeness (QED) is 0.529. The molecule has 0 fully saturated rings. The fourth-order valence-electron chi connectivity index (χ4n) is 0.211. The molecule has 0 atom stereocenters. The minimum Gasteiger partial charge on any atom is -0.278 e. The highest BCUT2D eigenvalue weighted by atomic mass is 32.2. The Kier molecular flexibility index (Phi) is 3.24. The number of hydrogen-bond acceptors (Lipinski definition) is 2. The zero-order valence-corrected chi connectivity index (χ0v) is 7.86. The lowest BCUT2D eigenvalue weighted by atomic mass is 11.6. The van der Waals surface area contributed by atoms with Crippen molar-refractivity contribution in [3.05, 3.63) is 0 Å². The molecule has 0 aromatic heterocycles. The molecule has 0 aromatic carbocycles. The van der Waals surface area contributed by atoms with Gasteiger partial charge in [0.2, 0.25) is 0 Å². The van der Waals surface area contributed by atoms with Gasteiger partial charge in [-0.1, -0.05) is 19.6 Å². The van der Waals surface area contributed by atoms with Gasteiger partial charge >= 0.3 is 5.51 Å². The molecule has 0 aliphatic rings. The Labute approximate surface area is 63.6 Å². The van der Waals surface area contributed by atoms with Gasteiger partial charge in [-0.25, -0.2) is 0 Å². The molecule has 0 aliphatic carbocycles. The maximum atomic E-state index is 11.5. The van der Waals surface area contributed by atoms with Gasteiger partial charge in [0.1, 0.15) is 8.24 Å². The van der Waals surface area contributed by atoms with Gasteiger partial charge in [-0.05, 0) is 0 Å². The highest BCUT2D eigenvalue weighted by Crippen LogP contribution is 2.28. The summed E-state index contributed by atoms with van der Waals surface area (Å²) in [5.41, 5.74) is -4.15.